The molecule has 1 fully saturated rings. The lowest BCUT2D eigenvalue weighted by molar-refractivity contribution is -0.126. The molecule has 6 nitrogen and oxygen atoms in total. The highest BCUT2D eigenvalue weighted by Crippen LogP contribution is 2.27. The van der Waals surface area contributed by atoms with E-state index in [0.29, 0.717) is 5.39 Å². The molecule has 1 aromatic carbocycles. The van der Waals surface area contributed by atoms with Crippen LogP contribution in [-0.2, 0) is 14.8 Å². The number of sulfonamides is 1. The maximum atomic E-state index is 13.2. The Morgan fingerprint density at radius 2 is 2.14 bits per heavy atom. The van der Waals surface area contributed by atoms with E-state index in [-0.39, 0.29) is 29.7 Å². The summed E-state index contributed by atoms with van der Waals surface area (Å²) in [5.41, 5.74) is 0.282. The van der Waals surface area contributed by atoms with Crippen LogP contribution in [0.5, 0.6) is 0 Å². The summed E-state index contributed by atoms with van der Waals surface area (Å²) >= 11 is 0. The summed E-state index contributed by atoms with van der Waals surface area (Å²) in [4.78, 5) is 11.6. The van der Waals surface area contributed by atoms with Crippen LogP contribution in [0.25, 0.3) is 11.0 Å². The predicted molar refractivity (Wildman–Crippen MR) is 72.5 cm³/mol. The zero-order valence-corrected chi connectivity index (χ0v) is 12.0. The van der Waals surface area contributed by atoms with Gasteiger partial charge in [0, 0.05) is 24.5 Å². The summed E-state index contributed by atoms with van der Waals surface area (Å²) in [5.74, 6) is -0.829. The molecule has 1 amide bonds. The van der Waals surface area contributed by atoms with E-state index in [4.69, 9.17) is 4.42 Å². The molecule has 112 valence electrons. The number of nitrogens with one attached hydrogen (secondary N) is 1. The second-order valence-corrected chi connectivity index (χ2v) is 6.65. The molecule has 1 N–H and O–H groups in total. The molecule has 0 radical (unpaired) electrons. The van der Waals surface area contributed by atoms with Crippen LogP contribution in [0.3, 0.4) is 0 Å². The first kappa shape index (κ1) is 14.0. The lowest BCUT2D eigenvalue weighted by Gasteiger charge is -2.30. The van der Waals surface area contributed by atoms with Crippen LogP contribution in [0.15, 0.2) is 33.8 Å². The van der Waals surface area contributed by atoms with Gasteiger partial charge < -0.3 is 9.73 Å². The van der Waals surface area contributed by atoms with Gasteiger partial charge in [0.15, 0.2) is 0 Å². The van der Waals surface area contributed by atoms with E-state index in [9.17, 15) is 17.6 Å². The molecule has 2 aromatic rings. The summed E-state index contributed by atoms with van der Waals surface area (Å²) in [6.45, 7) is 1.92. The Bertz CT molecular complexity index is 815. The Balaban J connectivity index is 2.05. The van der Waals surface area contributed by atoms with Gasteiger partial charge in [0.25, 0.3) is 10.0 Å². The van der Waals surface area contributed by atoms with E-state index in [1.54, 1.807) is 0 Å². The second-order valence-electron chi connectivity index (χ2n) is 4.83. The number of furan rings is 1. The molecular weight excluding hydrogens is 299 g/mol. The van der Waals surface area contributed by atoms with Crippen molar-refractivity contribution in [3.63, 3.8) is 0 Å². The Kier molecular flexibility index (Phi) is 3.22. The lowest BCUT2D eigenvalue weighted by Crippen LogP contribution is -2.55. The zero-order chi connectivity index (χ0) is 15.2. The molecule has 0 bridgehead atoms. The Morgan fingerprint density at radius 1 is 1.38 bits per heavy atom. The number of benzene rings is 1. The standard InChI is InChI=1S/C13H13FN2O4S/c1-8-13(17)15-4-5-16(8)21(18,19)12-7-9-6-10(14)2-3-11(9)20-12/h2-3,6-8H,4-5H2,1H3,(H,15,17). The van der Waals surface area contributed by atoms with Gasteiger partial charge in [-0.2, -0.15) is 4.31 Å². The monoisotopic (exact) mass is 312 g/mol. The van der Waals surface area contributed by atoms with Crippen molar-refractivity contribution >= 4 is 26.9 Å². The first-order valence-electron chi connectivity index (χ1n) is 6.38. The molecular formula is C13H13FN2O4S. The highest BCUT2D eigenvalue weighted by molar-refractivity contribution is 7.89. The number of carbonyl (C=O) groups excluding carboxylic acids is 1. The molecule has 8 heteroatoms. The molecule has 1 aliphatic rings. The number of hydrogen-bond donors (Lipinski definition) is 1. The third-order valence-electron chi connectivity index (χ3n) is 3.46. The Hall–Kier alpha value is -1.93. The van der Waals surface area contributed by atoms with Gasteiger partial charge in [-0.05, 0) is 25.1 Å². The van der Waals surface area contributed by atoms with Crippen LogP contribution in [0.1, 0.15) is 6.92 Å². The second kappa shape index (κ2) is 4.81. The van der Waals surface area contributed by atoms with Crippen LogP contribution in [-0.4, -0.2) is 37.8 Å². The number of carbonyl (C=O) groups is 1. The summed E-state index contributed by atoms with van der Waals surface area (Å²) in [6.07, 6.45) is 0. The minimum atomic E-state index is -3.94. The van der Waals surface area contributed by atoms with E-state index in [0.717, 1.165) is 4.31 Å². The van der Waals surface area contributed by atoms with Crippen molar-refractivity contribution in [2.45, 2.75) is 18.1 Å². The van der Waals surface area contributed by atoms with Crippen molar-refractivity contribution in [2.75, 3.05) is 13.1 Å². The van der Waals surface area contributed by atoms with Gasteiger partial charge in [0.05, 0.1) is 0 Å². The largest absolute Gasteiger partial charge is 0.443 e. The first-order chi connectivity index (χ1) is 9.89. The fraction of sp³-hybridized carbons (Fsp3) is 0.308. The van der Waals surface area contributed by atoms with Crippen LogP contribution in [0.2, 0.25) is 0 Å². The van der Waals surface area contributed by atoms with Crippen molar-refractivity contribution < 1.29 is 22.0 Å². The summed E-state index contributed by atoms with van der Waals surface area (Å²) in [5, 5.41) is 2.67. The maximum Gasteiger partial charge on any atom is 0.277 e. The SMILES string of the molecule is CC1C(=O)NCCN1S(=O)(=O)c1cc2cc(F)ccc2o1. The Labute approximate surface area is 120 Å². The minimum Gasteiger partial charge on any atom is -0.443 e. The number of piperazine rings is 1. The minimum absolute atomic E-state index is 0.167. The molecule has 0 spiro atoms. The molecule has 1 aliphatic heterocycles. The number of amides is 1. The van der Waals surface area contributed by atoms with Gasteiger partial charge in [-0.3, -0.25) is 4.79 Å². The Morgan fingerprint density at radius 3 is 2.90 bits per heavy atom. The van der Waals surface area contributed by atoms with Gasteiger partial charge in [0.2, 0.25) is 11.0 Å². The molecule has 1 atom stereocenters. The van der Waals surface area contributed by atoms with Gasteiger partial charge in [-0.15, -0.1) is 0 Å². The van der Waals surface area contributed by atoms with Crippen molar-refractivity contribution in [3.05, 3.63) is 30.1 Å². The number of fused-ring (bicyclic) bond motifs is 1. The lowest BCUT2D eigenvalue weighted by atomic mass is 10.2. The zero-order valence-electron chi connectivity index (χ0n) is 11.2. The molecule has 0 aliphatic carbocycles. The summed E-state index contributed by atoms with van der Waals surface area (Å²) < 4.78 is 44.6. The maximum absolute atomic E-state index is 13.2. The summed E-state index contributed by atoms with van der Waals surface area (Å²) in [7, 11) is -3.94. The number of nitrogens with zero attached hydrogens (tertiary/aromatic N) is 1. The number of rotatable bonds is 2. The smallest absolute Gasteiger partial charge is 0.277 e. The molecule has 0 saturated carbocycles. The first-order valence-corrected chi connectivity index (χ1v) is 7.82. The highest BCUT2D eigenvalue weighted by Gasteiger charge is 2.37. The molecule has 2 heterocycles. The predicted octanol–water partition coefficient (Wildman–Crippen LogP) is 1.08. The molecule has 1 saturated heterocycles. The average molecular weight is 312 g/mol. The fourth-order valence-corrected chi connectivity index (χ4v) is 3.87. The molecule has 21 heavy (non-hydrogen) atoms. The van der Waals surface area contributed by atoms with Gasteiger partial charge in [-0.25, -0.2) is 12.8 Å². The highest BCUT2D eigenvalue weighted by atomic mass is 32.2. The topological polar surface area (TPSA) is 79.6 Å². The molecule has 1 unspecified atom stereocenters. The molecule has 3 rings (SSSR count). The fourth-order valence-electron chi connectivity index (χ4n) is 2.32. The molecule has 1 aromatic heterocycles. The third-order valence-corrected chi connectivity index (χ3v) is 5.29. The van der Waals surface area contributed by atoms with Crippen LogP contribution < -0.4 is 5.32 Å². The number of hydrogen-bond acceptors (Lipinski definition) is 4. The van der Waals surface area contributed by atoms with Crippen molar-refractivity contribution in [1.29, 1.82) is 0 Å². The van der Waals surface area contributed by atoms with E-state index in [2.05, 4.69) is 5.32 Å². The normalized spacial score (nSPS) is 20.7. The number of halogens is 1. The van der Waals surface area contributed by atoms with Gasteiger partial charge in [-0.1, -0.05) is 0 Å². The third kappa shape index (κ3) is 2.30. The van der Waals surface area contributed by atoms with Crippen LogP contribution in [0.4, 0.5) is 4.39 Å². The van der Waals surface area contributed by atoms with Gasteiger partial charge in [0.1, 0.15) is 17.4 Å². The van der Waals surface area contributed by atoms with Gasteiger partial charge >= 0.3 is 0 Å². The van der Waals surface area contributed by atoms with Crippen LogP contribution in [0, 0.1) is 5.82 Å². The van der Waals surface area contributed by atoms with E-state index >= 15 is 0 Å². The van der Waals surface area contributed by atoms with Crippen molar-refractivity contribution in [2.24, 2.45) is 0 Å². The van der Waals surface area contributed by atoms with E-state index < -0.39 is 21.9 Å². The van der Waals surface area contributed by atoms with E-state index in [1.165, 1.54) is 31.2 Å². The quantitative estimate of drug-likeness (QED) is 0.900. The van der Waals surface area contributed by atoms with Crippen LogP contribution >= 0.6 is 0 Å². The van der Waals surface area contributed by atoms with E-state index in [1.807, 2.05) is 0 Å². The summed E-state index contributed by atoms with van der Waals surface area (Å²) in [6, 6.07) is 4.22. The van der Waals surface area contributed by atoms with Crippen molar-refractivity contribution in [3.8, 4) is 0 Å². The van der Waals surface area contributed by atoms with Crippen molar-refractivity contribution in [1.82, 2.24) is 9.62 Å². The average Bonchev–Trinajstić information content (AvgIpc) is 2.85.